The number of carbonyl (C=O) groups excluding carboxylic acids is 1. The van der Waals surface area contributed by atoms with Crippen LogP contribution in [0.25, 0.3) is 11.4 Å². The largest absolute Gasteiger partial charge is 0.345 e. The third-order valence-corrected chi connectivity index (χ3v) is 2.79. The molecule has 2 rings (SSSR count). The lowest BCUT2D eigenvalue weighted by atomic mass is 10.2. The molecule has 0 aliphatic heterocycles. The number of nitrogens with zero attached hydrogens (tertiary/aromatic N) is 2. The quantitative estimate of drug-likeness (QED) is 0.782. The van der Waals surface area contributed by atoms with E-state index in [0.29, 0.717) is 5.82 Å². The zero-order valence-electron chi connectivity index (χ0n) is 11.3. The number of H-pyrrole nitrogens is 1. The molecule has 2 aromatic rings. The maximum Gasteiger partial charge on any atom is 0.273 e. The Bertz CT molecular complexity index is 716. The minimum Gasteiger partial charge on any atom is -0.345 e. The number of rotatable bonds is 5. The second-order valence-electron chi connectivity index (χ2n) is 4.30. The number of terminal acetylenes is 1. The SMILES string of the molecule is C#CCNC(=O)CCc1nnc(-c2ccccc2)[nH]c1=O. The van der Waals surface area contributed by atoms with Crippen LogP contribution < -0.4 is 10.9 Å². The van der Waals surface area contributed by atoms with E-state index in [1.54, 1.807) is 0 Å². The Morgan fingerprint density at radius 2 is 2.05 bits per heavy atom. The van der Waals surface area contributed by atoms with Crippen molar-refractivity contribution in [1.29, 1.82) is 0 Å². The molecule has 0 aliphatic rings. The third kappa shape index (κ3) is 4.01. The third-order valence-electron chi connectivity index (χ3n) is 2.79. The standard InChI is InChI=1S/C15H14N4O2/c1-2-10-16-13(20)9-8-12-15(21)17-14(19-18-12)11-6-4-3-5-7-11/h1,3-7H,8-10H2,(H,16,20)(H,17,19,21). The number of aromatic nitrogens is 3. The van der Waals surface area contributed by atoms with Gasteiger partial charge in [0.1, 0.15) is 5.69 Å². The van der Waals surface area contributed by atoms with Crippen LogP contribution in [0.3, 0.4) is 0 Å². The molecule has 6 nitrogen and oxygen atoms in total. The molecule has 0 aliphatic carbocycles. The first-order chi connectivity index (χ1) is 10.2. The lowest BCUT2D eigenvalue weighted by molar-refractivity contribution is -0.120. The molecule has 0 radical (unpaired) electrons. The summed E-state index contributed by atoms with van der Waals surface area (Å²) < 4.78 is 0. The van der Waals surface area contributed by atoms with E-state index in [9.17, 15) is 9.59 Å². The summed E-state index contributed by atoms with van der Waals surface area (Å²) in [5.41, 5.74) is 0.666. The number of aromatic amines is 1. The number of nitrogens with one attached hydrogen (secondary N) is 2. The lowest BCUT2D eigenvalue weighted by Crippen LogP contribution is -2.25. The van der Waals surface area contributed by atoms with Crippen molar-refractivity contribution in [2.45, 2.75) is 12.8 Å². The average molecular weight is 282 g/mol. The number of carbonyl (C=O) groups is 1. The monoisotopic (exact) mass is 282 g/mol. The highest BCUT2D eigenvalue weighted by atomic mass is 16.1. The fourth-order valence-corrected chi connectivity index (χ4v) is 1.72. The van der Waals surface area contributed by atoms with Crippen LogP contribution in [0, 0.1) is 12.3 Å². The summed E-state index contributed by atoms with van der Waals surface area (Å²) in [7, 11) is 0. The molecule has 0 unspecified atom stereocenters. The first-order valence-corrected chi connectivity index (χ1v) is 6.42. The smallest absolute Gasteiger partial charge is 0.273 e. The number of amides is 1. The van der Waals surface area contributed by atoms with Gasteiger partial charge in [-0.3, -0.25) is 9.59 Å². The van der Waals surface area contributed by atoms with Crippen LogP contribution >= 0.6 is 0 Å². The van der Waals surface area contributed by atoms with Gasteiger partial charge in [0, 0.05) is 18.4 Å². The van der Waals surface area contributed by atoms with Gasteiger partial charge < -0.3 is 10.3 Å². The highest BCUT2D eigenvalue weighted by molar-refractivity contribution is 5.76. The van der Waals surface area contributed by atoms with Crippen molar-refractivity contribution < 1.29 is 4.79 Å². The van der Waals surface area contributed by atoms with E-state index < -0.39 is 0 Å². The highest BCUT2D eigenvalue weighted by Gasteiger charge is 2.08. The number of benzene rings is 1. The zero-order chi connectivity index (χ0) is 15.1. The highest BCUT2D eigenvalue weighted by Crippen LogP contribution is 2.10. The number of hydrogen-bond acceptors (Lipinski definition) is 4. The fourth-order valence-electron chi connectivity index (χ4n) is 1.72. The maximum atomic E-state index is 11.9. The first kappa shape index (κ1) is 14.5. The molecule has 0 saturated carbocycles. The maximum absolute atomic E-state index is 11.9. The van der Waals surface area contributed by atoms with Crippen molar-refractivity contribution in [2.24, 2.45) is 0 Å². The van der Waals surface area contributed by atoms with Gasteiger partial charge in [0.25, 0.3) is 5.56 Å². The van der Waals surface area contributed by atoms with Crippen molar-refractivity contribution in [1.82, 2.24) is 20.5 Å². The lowest BCUT2D eigenvalue weighted by Gasteiger charge is -2.02. The predicted octanol–water partition coefficient (Wildman–Crippen LogP) is 0.514. The van der Waals surface area contributed by atoms with E-state index in [1.807, 2.05) is 30.3 Å². The van der Waals surface area contributed by atoms with Crippen molar-refractivity contribution in [3.63, 3.8) is 0 Å². The predicted molar refractivity (Wildman–Crippen MR) is 78.3 cm³/mol. The molecule has 0 bridgehead atoms. The summed E-state index contributed by atoms with van der Waals surface area (Å²) in [6, 6.07) is 9.22. The molecule has 2 N–H and O–H groups in total. The summed E-state index contributed by atoms with van der Waals surface area (Å²) in [6.45, 7) is 0.174. The van der Waals surface area contributed by atoms with E-state index >= 15 is 0 Å². The van der Waals surface area contributed by atoms with E-state index in [0.717, 1.165) is 5.56 Å². The van der Waals surface area contributed by atoms with Crippen LogP contribution in [-0.2, 0) is 11.2 Å². The van der Waals surface area contributed by atoms with Gasteiger partial charge in [-0.15, -0.1) is 16.6 Å². The van der Waals surface area contributed by atoms with E-state index in [-0.39, 0.29) is 36.5 Å². The van der Waals surface area contributed by atoms with Crippen LogP contribution in [-0.4, -0.2) is 27.6 Å². The Labute approximate surface area is 121 Å². The topological polar surface area (TPSA) is 87.7 Å². The molecular formula is C15H14N4O2. The second-order valence-corrected chi connectivity index (χ2v) is 4.30. The average Bonchev–Trinajstić information content (AvgIpc) is 2.52. The Morgan fingerprint density at radius 1 is 1.29 bits per heavy atom. The van der Waals surface area contributed by atoms with Gasteiger partial charge in [0.05, 0.1) is 6.54 Å². The summed E-state index contributed by atoms with van der Waals surface area (Å²) in [5, 5.41) is 10.4. The normalized spacial score (nSPS) is 9.86. The molecule has 1 aromatic carbocycles. The summed E-state index contributed by atoms with van der Waals surface area (Å²) >= 11 is 0. The summed E-state index contributed by atoms with van der Waals surface area (Å²) in [4.78, 5) is 26.0. The van der Waals surface area contributed by atoms with Crippen molar-refractivity contribution in [3.8, 4) is 23.7 Å². The molecular weight excluding hydrogens is 268 g/mol. The molecule has 106 valence electrons. The van der Waals surface area contributed by atoms with Gasteiger partial charge >= 0.3 is 0 Å². The van der Waals surface area contributed by atoms with Gasteiger partial charge in [-0.2, -0.15) is 0 Å². The molecule has 1 aromatic heterocycles. The summed E-state index contributed by atoms with van der Waals surface area (Å²) in [5.74, 6) is 2.49. The van der Waals surface area contributed by atoms with Gasteiger partial charge in [-0.05, 0) is 0 Å². The number of hydrogen-bond donors (Lipinski definition) is 2. The zero-order valence-corrected chi connectivity index (χ0v) is 11.3. The van der Waals surface area contributed by atoms with Crippen LogP contribution in [0.5, 0.6) is 0 Å². The fraction of sp³-hybridized carbons (Fsp3) is 0.200. The minimum absolute atomic E-state index is 0.143. The molecule has 6 heteroatoms. The Morgan fingerprint density at radius 3 is 2.71 bits per heavy atom. The molecule has 0 saturated heterocycles. The van der Waals surface area contributed by atoms with E-state index in [4.69, 9.17) is 6.42 Å². The molecule has 0 spiro atoms. The molecule has 1 amide bonds. The minimum atomic E-state index is -0.339. The van der Waals surface area contributed by atoms with Crippen LogP contribution in [0.4, 0.5) is 0 Å². The Kier molecular flexibility index (Phi) is 4.83. The molecule has 21 heavy (non-hydrogen) atoms. The Hall–Kier alpha value is -2.94. The number of aryl methyl sites for hydroxylation is 1. The van der Waals surface area contributed by atoms with Gasteiger partial charge in [-0.25, -0.2) is 0 Å². The van der Waals surface area contributed by atoms with E-state index in [1.165, 1.54) is 0 Å². The van der Waals surface area contributed by atoms with Crippen LogP contribution in [0.15, 0.2) is 35.1 Å². The van der Waals surface area contributed by atoms with E-state index in [2.05, 4.69) is 26.4 Å². The first-order valence-electron chi connectivity index (χ1n) is 6.42. The van der Waals surface area contributed by atoms with Crippen LogP contribution in [0.2, 0.25) is 0 Å². The van der Waals surface area contributed by atoms with Crippen LogP contribution in [0.1, 0.15) is 12.1 Å². The van der Waals surface area contributed by atoms with Crippen molar-refractivity contribution in [2.75, 3.05) is 6.54 Å². The molecule has 1 heterocycles. The second kappa shape index (κ2) is 7.01. The van der Waals surface area contributed by atoms with Gasteiger partial charge in [0.15, 0.2) is 5.82 Å². The van der Waals surface area contributed by atoms with Gasteiger partial charge in [0.2, 0.25) is 5.91 Å². The molecule has 0 fully saturated rings. The van der Waals surface area contributed by atoms with Crippen molar-refractivity contribution in [3.05, 3.63) is 46.4 Å². The summed E-state index contributed by atoms with van der Waals surface area (Å²) in [6.07, 6.45) is 5.40. The van der Waals surface area contributed by atoms with Gasteiger partial charge in [-0.1, -0.05) is 36.3 Å². The Balaban J connectivity index is 2.05. The molecule has 0 atom stereocenters. The van der Waals surface area contributed by atoms with Crippen molar-refractivity contribution >= 4 is 5.91 Å².